The van der Waals surface area contributed by atoms with Gasteiger partial charge in [0.2, 0.25) is 0 Å². The van der Waals surface area contributed by atoms with Crippen LogP contribution >= 0.6 is 0 Å². The smallest absolute Gasteiger partial charge is 0.128 e. The first kappa shape index (κ1) is 15.0. The number of pyridine rings is 1. The summed E-state index contributed by atoms with van der Waals surface area (Å²) in [6.07, 6.45) is 4.80. The molecule has 0 saturated carbocycles. The van der Waals surface area contributed by atoms with Crippen LogP contribution in [0.25, 0.3) is 0 Å². The summed E-state index contributed by atoms with van der Waals surface area (Å²) in [5.74, 6) is 1.06. The van der Waals surface area contributed by atoms with Gasteiger partial charge >= 0.3 is 0 Å². The molecule has 0 spiro atoms. The van der Waals surface area contributed by atoms with Gasteiger partial charge in [0.25, 0.3) is 0 Å². The summed E-state index contributed by atoms with van der Waals surface area (Å²) in [5.41, 5.74) is 0. The zero-order valence-electron chi connectivity index (χ0n) is 12.1. The summed E-state index contributed by atoms with van der Waals surface area (Å²) < 4.78 is 5.82. The van der Waals surface area contributed by atoms with Crippen LogP contribution < -0.4 is 4.90 Å². The Kier molecular flexibility index (Phi) is 6.73. The quantitative estimate of drug-likeness (QED) is 0.803. The highest BCUT2D eigenvalue weighted by Gasteiger charge is 2.24. The van der Waals surface area contributed by atoms with Gasteiger partial charge in [-0.25, -0.2) is 4.98 Å². The van der Waals surface area contributed by atoms with E-state index in [2.05, 4.69) is 43.6 Å². The molecule has 0 radical (unpaired) electrons. The Labute approximate surface area is 111 Å². The minimum Gasteiger partial charge on any atom is -0.372 e. The molecular formula is C15H26N2O. The maximum absolute atomic E-state index is 5.82. The van der Waals surface area contributed by atoms with E-state index in [0.717, 1.165) is 25.3 Å². The first-order chi connectivity index (χ1) is 8.71. The summed E-state index contributed by atoms with van der Waals surface area (Å²) in [6.45, 7) is 10.4. The molecule has 0 N–H and O–H groups in total. The Morgan fingerprint density at radius 2 is 2.00 bits per heavy atom. The van der Waals surface area contributed by atoms with E-state index in [9.17, 15) is 0 Å². The molecule has 0 aromatic carbocycles. The van der Waals surface area contributed by atoms with Crippen molar-refractivity contribution in [2.75, 3.05) is 18.0 Å². The normalized spacial score (nSPS) is 23.2. The van der Waals surface area contributed by atoms with Crippen molar-refractivity contribution < 1.29 is 4.74 Å². The van der Waals surface area contributed by atoms with Gasteiger partial charge in [-0.15, -0.1) is 0 Å². The first-order valence-corrected chi connectivity index (χ1v) is 7.02. The van der Waals surface area contributed by atoms with Crippen molar-refractivity contribution in [3.05, 3.63) is 24.4 Å². The zero-order valence-corrected chi connectivity index (χ0v) is 12.1. The van der Waals surface area contributed by atoms with E-state index < -0.39 is 0 Å². The minimum atomic E-state index is 0.297. The maximum atomic E-state index is 5.82. The molecule has 102 valence electrons. The van der Waals surface area contributed by atoms with Crippen LogP contribution in [0.1, 0.15) is 40.5 Å². The average molecular weight is 250 g/mol. The van der Waals surface area contributed by atoms with Crippen LogP contribution in [0.5, 0.6) is 0 Å². The summed E-state index contributed by atoms with van der Waals surface area (Å²) in [7, 11) is 0. The summed E-state index contributed by atoms with van der Waals surface area (Å²) in [4.78, 5) is 6.68. The lowest BCUT2D eigenvalue weighted by Gasteiger charge is -2.37. The largest absolute Gasteiger partial charge is 0.372 e. The third-order valence-electron chi connectivity index (χ3n) is 2.75. The first-order valence-electron chi connectivity index (χ1n) is 7.02. The number of ether oxygens (including phenoxy) is 1. The van der Waals surface area contributed by atoms with Gasteiger partial charge in [0.15, 0.2) is 0 Å². The molecule has 0 unspecified atom stereocenters. The molecular weight excluding hydrogens is 224 g/mol. The molecule has 0 bridgehead atoms. The van der Waals surface area contributed by atoms with Crippen molar-refractivity contribution in [1.82, 2.24) is 4.98 Å². The number of hydrogen-bond acceptors (Lipinski definition) is 3. The lowest BCUT2D eigenvalue weighted by atomic mass is 10.2. The molecule has 3 nitrogen and oxygen atoms in total. The topological polar surface area (TPSA) is 25.4 Å². The van der Waals surface area contributed by atoms with Gasteiger partial charge < -0.3 is 9.64 Å². The van der Waals surface area contributed by atoms with Crippen molar-refractivity contribution >= 4 is 5.82 Å². The maximum Gasteiger partial charge on any atom is 0.128 e. The predicted octanol–water partition coefficient (Wildman–Crippen LogP) is 3.50. The van der Waals surface area contributed by atoms with E-state index in [1.165, 1.54) is 6.42 Å². The highest BCUT2D eigenvalue weighted by atomic mass is 16.5. The number of hydrogen-bond donors (Lipinski definition) is 0. The molecule has 1 fully saturated rings. The number of morpholine rings is 1. The minimum absolute atomic E-state index is 0.297. The van der Waals surface area contributed by atoms with Crippen LogP contribution in [0.2, 0.25) is 0 Å². The molecule has 2 heterocycles. The van der Waals surface area contributed by atoms with Crippen LogP contribution in [-0.2, 0) is 4.74 Å². The SMILES string of the molecule is CCC.CC[C@@H]1CN(c2ccccn2)C[C@@H](C)O1. The molecule has 3 heteroatoms. The third-order valence-corrected chi connectivity index (χ3v) is 2.75. The van der Waals surface area contributed by atoms with Crippen LogP contribution in [-0.4, -0.2) is 30.3 Å². The van der Waals surface area contributed by atoms with Gasteiger partial charge in [0.1, 0.15) is 5.82 Å². The molecule has 1 aliphatic heterocycles. The second kappa shape index (κ2) is 8.09. The molecule has 1 aliphatic rings. The lowest BCUT2D eigenvalue weighted by molar-refractivity contribution is -0.0174. The average Bonchev–Trinajstić information content (AvgIpc) is 2.40. The number of nitrogens with zero attached hydrogens (tertiary/aromatic N) is 2. The third kappa shape index (κ3) is 4.65. The van der Waals surface area contributed by atoms with E-state index in [0.29, 0.717) is 12.2 Å². The summed E-state index contributed by atoms with van der Waals surface area (Å²) in [5, 5.41) is 0. The Morgan fingerprint density at radius 3 is 2.56 bits per heavy atom. The zero-order chi connectivity index (χ0) is 13.4. The van der Waals surface area contributed by atoms with Gasteiger partial charge in [0, 0.05) is 19.3 Å². The highest BCUT2D eigenvalue weighted by molar-refractivity contribution is 5.38. The molecule has 2 rings (SSSR count). The van der Waals surface area contributed by atoms with Crippen LogP contribution in [0.4, 0.5) is 5.82 Å². The molecule has 1 aromatic heterocycles. The van der Waals surface area contributed by atoms with E-state index in [-0.39, 0.29) is 0 Å². The number of aromatic nitrogens is 1. The Hall–Kier alpha value is -1.09. The van der Waals surface area contributed by atoms with Crippen LogP contribution in [0.15, 0.2) is 24.4 Å². The fourth-order valence-electron chi connectivity index (χ4n) is 2.00. The lowest BCUT2D eigenvalue weighted by Crippen LogP contribution is -2.46. The standard InChI is InChI=1S/C12H18N2O.C3H8/c1-3-11-9-14(8-10(2)15-11)12-6-4-5-7-13-12;1-3-2/h4-7,10-11H,3,8-9H2,1-2H3;3H2,1-2H3/t10-,11-;/m1./s1. The number of rotatable bonds is 2. The molecule has 2 atom stereocenters. The number of anilines is 1. The molecule has 1 saturated heterocycles. The Balaban J connectivity index is 0.000000492. The highest BCUT2D eigenvalue weighted by Crippen LogP contribution is 2.18. The van der Waals surface area contributed by atoms with Crippen molar-refractivity contribution in [3.8, 4) is 0 Å². The van der Waals surface area contributed by atoms with Crippen molar-refractivity contribution in [3.63, 3.8) is 0 Å². The summed E-state index contributed by atoms with van der Waals surface area (Å²) in [6, 6.07) is 6.04. The van der Waals surface area contributed by atoms with E-state index in [4.69, 9.17) is 4.74 Å². The van der Waals surface area contributed by atoms with Gasteiger partial charge in [-0.1, -0.05) is 33.3 Å². The van der Waals surface area contributed by atoms with E-state index in [1.807, 2.05) is 18.3 Å². The van der Waals surface area contributed by atoms with Crippen molar-refractivity contribution in [1.29, 1.82) is 0 Å². The molecule has 1 aromatic rings. The van der Waals surface area contributed by atoms with E-state index in [1.54, 1.807) is 0 Å². The van der Waals surface area contributed by atoms with Crippen molar-refractivity contribution in [2.45, 2.75) is 52.7 Å². The van der Waals surface area contributed by atoms with Gasteiger partial charge in [-0.3, -0.25) is 0 Å². The van der Waals surface area contributed by atoms with Crippen molar-refractivity contribution in [2.24, 2.45) is 0 Å². The fourth-order valence-corrected chi connectivity index (χ4v) is 2.00. The van der Waals surface area contributed by atoms with Crippen LogP contribution in [0, 0.1) is 0 Å². The molecule has 0 amide bonds. The fraction of sp³-hybridized carbons (Fsp3) is 0.667. The molecule has 0 aliphatic carbocycles. The second-order valence-corrected chi connectivity index (χ2v) is 4.78. The summed E-state index contributed by atoms with van der Waals surface area (Å²) >= 11 is 0. The predicted molar refractivity (Wildman–Crippen MR) is 77.0 cm³/mol. The Morgan fingerprint density at radius 1 is 1.28 bits per heavy atom. The van der Waals surface area contributed by atoms with Gasteiger partial charge in [-0.2, -0.15) is 0 Å². The van der Waals surface area contributed by atoms with Crippen LogP contribution in [0.3, 0.4) is 0 Å². The van der Waals surface area contributed by atoms with Gasteiger partial charge in [0.05, 0.1) is 12.2 Å². The molecule has 18 heavy (non-hydrogen) atoms. The van der Waals surface area contributed by atoms with Gasteiger partial charge in [-0.05, 0) is 25.5 Å². The van der Waals surface area contributed by atoms with E-state index >= 15 is 0 Å². The monoisotopic (exact) mass is 250 g/mol. The Bertz CT molecular complexity index is 316. The second-order valence-electron chi connectivity index (χ2n) is 4.78.